The molecule has 1 saturated carbocycles. The van der Waals surface area contributed by atoms with Gasteiger partial charge in [0.25, 0.3) is 5.91 Å². The van der Waals surface area contributed by atoms with Crippen LogP contribution >= 0.6 is 0 Å². The number of nitrogens with zero attached hydrogens (tertiary/aromatic N) is 1. The zero-order valence-electron chi connectivity index (χ0n) is 13.0. The highest BCUT2D eigenvalue weighted by Gasteiger charge is 2.48. The number of hydrogen-bond donors (Lipinski definition) is 1. The molecule has 2 bridgehead atoms. The first-order valence-corrected chi connectivity index (χ1v) is 9.45. The molecule has 1 aliphatic carbocycles. The van der Waals surface area contributed by atoms with Gasteiger partial charge in [0.1, 0.15) is 0 Å². The molecule has 2 aliphatic rings. The molecule has 7 heteroatoms. The zero-order valence-corrected chi connectivity index (χ0v) is 13.8. The summed E-state index contributed by atoms with van der Waals surface area (Å²) >= 11 is 0. The molecule has 126 valence electrons. The Morgan fingerprint density at radius 3 is 2.58 bits per heavy atom. The molecule has 3 unspecified atom stereocenters. The number of sulfonamides is 1. The lowest BCUT2D eigenvalue weighted by molar-refractivity contribution is 0.0645. The second-order valence-corrected chi connectivity index (χ2v) is 8.09. The van der Waals surface area contributed by atoms with Gasteiger partial charge in [-0.15, -0.1) is 0 Å². The normalized spacial score (nSPS) is 26.0. The summed E-state index contributed by atoms with van der Waals surface area (Å²) in [4.78, 5) is 14.5. The van der Waals surface area contributed by atoms with Gasteiger partial charge in [0.05, 0.1) is 11.2 Å². The van der Waals surface area contributed by atoms with Crippen molar-refractivity contribution in [1.82, 2.24) is 9.62 Å². The van der Waals surface area contributed by atoms with Gasteiger partial charge < -0.3 is 9.32 Å². The third-order valence-corrected chi connectivity index (χ3v) is 6.34. The Labute approximate surface area is 140 Å². The van der Waals surface area contributed by atoms with Crippen molar-refractivity contribution in [3.05, 3.63) is 54.5 Å². The quantitative estimate of drug-likeness (QED) is 0.916. The Balaban J connectivity index is 1.53. The Morgan fingerprint density at radius 1 is 1.12 bits per heavy atom. The summed E-state index contributed by atoms with van der Waals surface area (Å²) in [5.41, 5.74) is 0. The highest BCUT2D eigenvalue weighted by atomic mass is 32.2. The molecule has 1 aromatic carbocycles. The number of likely N-dealkylation sites (tertiary alicyclic amines) is 1. The van der Waals surface area contributed by atoms with Gasteiger partial charge in [0.15, 0.2) is 5.76 Å². The summed E-state index contributed by atoms with van der Waals surface area (Å²) in [6, 6.07) is 11.3. The molecular weight excluding hydrogens is 328 g/mol. The van der Waals surface area contributed by atoms with Crippen LogP contribution in [0, 0.1) is 5.92 Å². The van der Waals surface area contributed by atoms with E-state index in [1.807, 2.05) is 0 Å². The smallest absolute Gasteiger partial charge is 0.289 e. The first kappa shape index (κ1) is 15.4. The molecule has 1 N–H and O–H groups in total. The van der Waals surface area contributed by atoms with Crippen molar-refractivity contribution < 1.29 is 17.6 Å². The molecule has 0 spiro atoms. The van der Waals surface area contributed by atoms with Crippen LogP contribution in [0.5, 0.6) is 0 Å². The molecule has 3 atom stereocenters. The maximum Gasteiger partial charge on any atom is 0.289 e. The molecule has 6 nitrogen and oxygen atoms in total. The largest absolute Gasteiger partial charge is 0.459 e. The molecule has 1 saturated heterocycles. The fourth-order valence-corrected chi connectivity index (χ4v) is 5.10. The number of benzene rings is 1. The second kappa shape index (κ2) is 5.75. The molecular formula is C17H18N2O4S. The Hall–Kier alpha value is -2.12. The molecule has 4 rings (SSSR count). The number of fused-ring (bicyclic) bond motifs is 2. The van der Waals surface area contributed by atoms with Crippen molar-refractivity contribution >= 4 is 15.9 Å². The average Bonchev–Trinajstić information content (AvgIpc) is 3.31. The van der Waals surface area contributed by atoms with E-state index in [1.165, 1.54) is 6.26 Å². The van der Waals surface area contributed by atoms with Crippen LogP contribution in [-0.2, 0) is 10.0 Å². The summed E-state index contributed by atoms with van der Waals surface area (Å²) in [6.07, 6.45) is 3.06. The first-order valence-electron chi connectivity index (χ1n) is 7.96. The number of furan rings is 1. The van der Waals surface area contributed by atoms with E-state index in [4.69, 9.17) is 4.42 Å². The van der Waals surface area contributed by atoms with Gasteiger partial charge >= 0.3 is 0 Å². The van der Waals surface area contributed by atoms with E-state index in [0.29, 0.717) is 18.2 Å². The molecule has 1 aliphatic heterocycles. The van der Waals surface area contributed by atoms with Gasteiger partial charge in [-0.05, 0) is 43.0 Å². The second-order valence-electron chi connectivity index (χ2n) is 6.38. The third-order valence-electron chi connectivity index (χ3n) is 4.83. The lowest BCUT2D eigenvalue weighted by atomic mass is 10.1. The van der Waals surface area contributed by atoms with Crippen LogP contribution in [0.2, 0.25) is 0 Å². The number of hydrogen-bond acceptors (Lipinski definition) is 4. The molecule has 2 fully saturated rings. The van der Waals surface area contributed by atoms with Crippen molar-refractivity contribution in [2.45, 2.75) is 29.8 Å². The standard InChI is InChI=1S/C17H18N2O4S/c20-17(16-7-4-8-23-16)19-11-12-9-14(15(19)10-12)18-24(21,22)13-5-2-1-3-6-13/h1-8,12,14-15,18H,9-11H2. The van der Waals surface area contributed by atoms with Gasteiger partial charge in [-0.2, -0.15) is 0 Å². The topological polar surface area (TPSA) is 79.6 Å². The summed E-state index contributed by atoms with van der Waals surface area (Å²) in [5, 5.41) is 0. The van der Waals surface area contributed by atoms with Crippen molar-refractivity contribution in [3.63, 3.8) is 0 Å². The van der Waals surface area contributed by atoms with E-state index >= 15 is 0 Å². The summed E-state index contributed by atoms with van der Waals surface area (Å²) in [7, 11) is -3.58. The average molecular weight is 346 g/mol. The summed E-state index contributed by atoms with van der Waals surface area (Å²) < 4.78 is 33.0. The van der Waals surface area contributed by atoms with E-state index < -0.39 is 10.0 Å². The summed E-state index contributed by atoms with van der Waals surface area (Å²) in [5.74, 6) is 0.459. The predicted molar refractivity (Wildman–Crippen MR) is 86.8 cm³/mol. The Bertz CT molecular complexity index is 833. The minimum atomic E-state index is -3.58. The van der Waals surface area contributed by atoms with Crippen LogP contribution in [0.1, 0.15) is 23.4 Å². The van der Waals surface area contributed by atoms with Crippen LogP contribution < -0.4 is 4.72 Å². The highest BCUT2D eigenvalue weighted by Crippen LogP contribution is 2.39. The number of carbonyl (C=O) groups is 1. The van der Waals surface area contributed by atoms with E-state index in [9.17, 15) is 13.2 Å². The molecule has 1 amide bonds. The maximum atomic E-state index is 12.5. The van der Waals surface area contributed by atoms with E-state index in [2.05, 4.69) is 4.72 Å². The van der Waals surface area contributed by atoms with Crippen molar-refractivity contribution in [3.8, 4) is 0 Å². The Morgan fingerprint density at radius 2 is 1.92 bits per heavy atom. The van der Waals surface area contributed by atoms with Crippen LogP contribution in [0.25, 0.3) is 0 Å². The zero-order chi connectivity index (χ0) is 16.7. The lowest BCUT2D eigenvalue weighted by Crippen LogP contribution is -2.51. The third kappa shape index (κ3) is 2.63. The van der Waals surface area contributed by atoms with Crippen LogP contribution in [-0.4, -0.2) is 37.9 Å². The van der Waals surface area contributed by atoms with Crippen molar-refractivity contribution in [2.75, 3.05) is 6.54 Å². The van der Waals surface area contributed by atoms with E-state index in [0.717, 1.165) is 12.8 Å². The molecule has 2 aromatic rings. The highest BCUT2D eigenvalue weighted by molar-refractivity contribution is 7.89. The van der Waals surface area contributed by atoms with Gasteiger partial charge in [-0.25, -0.2) is 13.1 Å². The van der Waals surface area contributed by atoms with Gasteiger partial charge in [0.2, 0.25) is 10.0 Å². The van der Waals surface area contributed by atoms with Gasteiger partial charge in [-0.3, -0.25) is 4.79 Å². The molecule has 0 radical (unpaired) electrons. The first-order chi connectivity index (χ1) is 11.5. The number of nitrogens with one attached hydrogen (secondary N) is 1. The van der Waals surface area contributed by atoms with Gasteiger partial charge in [-0.1, -0.05) is 18.2 Å². The van der Waals surface area contributed by atoms with Crippen LogP contribution in [0.3, 0.4) is 0 Å². The molecule has 1 aromatic heterocycles. The SMILES string of the molecule is O=C(c1ccco1)N1CC2CC(NS(=O)(=O)c3ccccc3)C1C2. The molecule has 2 heterocycles. The summed E-state index contributed by atoms with van der Waals surface area (Å²) in [6.45, 7) is 0.660. The number of rotatable bonds is 4. The predicted octanol–water partition coefficient (Wildman–Crippen LogP) is 1.86. The van der Waals surface area contributed by atoms with Crippen molar-refractivity contribution in [1.29, 1.82) is 0 Å². The van der Waals surface area contributed by atoms with E-state index in [-0.39, 0.29) is 22.9 Å². The van der Waals surface area contributed by atoms with Crippen molar-refractivity contribution in [2.24, 2.45) is 5.92 Å². The van der Waals surface area contributed by atoms with Crippen LogP contribution in [0.15, 0.2) is 58.0 Å². The lowest BCUT2D eigenvalue weighted by Gasteiger charge is -2.33. The fourth-order valence-electron chi connectivity index (χ4n) is 3.79. The number of amides is 1. The number of carbonyl (C=O) groups excluding carboxylic acids is 1. The molecule has 24 heavy (non-hydrogen) atoms. The van der Waals surface area contributed by atoms with E-state index in [1.54, 1.807) is 47.4 Å². The Kier molecular flexibility index (Phi) is 3.69. The maximum absolute atomic E-state index is 12.5. The minimum absolute atomic E-state index is 0.119. The number of piperidine rings is 1. The monoisotopic (exact) mass is 346 g/mol. The van der Waals surface area contributed by atoms with Crippen LogP contribution in [0.4, 0.5) is 0 Å². The van der Waals surface area contributed by atoms with Gasteiger partial charge in [0, 0.05) is 18.6 Å². The fraction of sp³-hybridized carbons (Fsp3) is 0.353. The minimum Gasteiger partial charge on any atom is -0.459 e.